The lowest BCUT2D eigenvalue weighted by atomic mass is 10.1. The molecule has 5 nitrogen and oxygen atoms in total. The van der Waals surface area contributed by atoms with Crippen LogP contribution in [0.3, 0.4) is 0 Å². The fraction of sp³-hybridized carbons (Fsp3) is 0.154. The molecule has 0 bridgehead atoms. The summed E-state index contributed by atoms with van der Waals surface area (Å²) in [6.07, 6.45) is 1.68. The number of benzene rings is 3. The molecule has 158 valence electrons. The Morgan fingerprint density at radius 1 is 0.774 bits per heavy atom. The highest BCUT2D eigenvalue weighted by Gasteiger charge is 2.15. The van der Waals surface area contributed by atoms with Crippen molar-refractivity contribution in [3.8, 4) is 0 Å². The van der Waals surface area contributed by atoms with Gasteiger partial charge in [-0.25, -0.2) is 0 Å². The number of hydrogen-bond acceptors (Lipinski definition) is 3. The smallest absolute Gasteiger partial charge is 0.272 e. The van der Waals surface area contributed by atoms with Crippen LogP contribution in [0.1, 0.15) is 27.0 Å². The van der Waals surface area contributed by atoms with Crippen molar-refractivity contribution in [2.75, 3.05) is 24.3 Å². The predicted octanol–water partition coefficient (Wildman–Crippen LogP) is 4.78. The molecule has 0 saturated carbocycles. The first-order valence-electron chi connectivity index (χ1n) is 10.1. The van der Waals surface area contributed by atoms with E-state index in [9.17, 15) is 9.59 Å². The molecule has 3 aromatic rings. The fourth-order valence-electron chi connectivity index (χ4n) is 2.93. The highest BCUT2D eigenvalue weighted by Crippen LogP contribution is 2.16. The Bertz CT molecular complexity index is 1080. The molecule has 2 amide bonds. The van der Waals surface area contributed by atoms with Gasteiger partial charge < -0.3 is 15.5 Å². The topological polar surface area (TPSA) is 61.4 Å². The number of rotatable bonds is 6. The van der Waals surface area contributed by atoms with Gasteiger partial charge in [-0.1, -0.05) is 47.5 Å². The minimum Gasteiger partial charge on any atom is -0.378 e. The van der Waals surface area contributed by atoms with Crippen LogP contribution in [0, 0.1) is 13.8 Å². The van der Waals surface area contributed by atoms with Crippen LogP contribution < -0.4 is 15.5 Å². The molecule has 0 unspecified atom stereocenters. The second kappa shape index (κ2) is 9.76. The highest BCUT2D eigenvalue weighted by atomic mass is 16.2. The molecule has 0 aliphatic heterocycles. The van der Waals surface area contributed by atoms with Gasteiger partial charge in [-0.2, -0.15) is 0 Å². The number of nitrogens with zero attached hydrogens (tertiary/aromatic N) is 1. The molecule has 0 heterocycles. The minimum atomic E-state index is -0.388. The lowest BCUT2D eigenvalue weighted by Gasteiger charge is -2.13. The maximum absolute atomic E-state index is 13.0. The molecule has 3 rings (SSSR count). The zero-order chi connectivity index (χ0) is 22.4. The third-order valence-electron chi connectivity index (χ3n) is 4.84. The average Bonchev–Trinajstić information content (AvgIpc) is 2.75. The lowest BCUT2D eigenvalue weighted by molar-refractivity contribution is -0.113. The summed E-state index contributed by atoms with van der Waals surface area (Å²) in [5.41, 5.74) is 5.34. The molecule has 5 heteroatoms. The molecular formula is C26H27N3O2. The van der Waals surface area contributed by atoms with Crippen LogP contribution in [0.5, 0.6) is 0 Å². The van der Waals surface area contributed by atoms with Crippen molar-refractivity contribution in [1.29, 1.82) is 0 Å². The third kappa shape index (κ3) is 6.06. The van der Waals surface area contributed by atoms with Gasteiger partial charge in [0.2, 0.25) is 0 Å². The Labute approximate surface area is 183 Å². The van der Waals surface area contributed by atoms with Crippen LogP contribution in [-0.2, 0) is 4.79 Å². The van der Waals surface area contributed by atoms with E-state index in [0.717, 1.165) is 22.4 Å². The Morgan fingerprint density at radius 3 is 1.87 bits per heavy atom. The quantitative estimate of drug-likeness (QED) is 0.572. The molecule has 0 radical (unpaired) electrons. The van der Waals surface area contributed by atoms with Crippen molar-refractivity contribution in [1.82, 2.24) is 5.32 Å². The van der Waals surface area contributed by atoms with Gasteiger partial charge in [0, 0.05) is 31.0 Å². The summed E-state index contributed by atoms with van der Waals surface area (Å²) in [5.74, 6) is -0.726. The van der Waals surface area contributed by atoms with E-state index in [2.05, 4.69) is 10.6 Å². The molecule has 2 N–H and O–H groups in total. The van der Waals surface area contributed by atoms with E-state index in [1.807, 2.05) is 93.5 Å². The van der Waals surface area contributed by atoms with E-state index < -0.39 is 0 Å². The van der Waals surface area contributed by atoms with E-state index in [4.69, 9.17) is 0 Å². The average molecular weight is 414 g/mol. The summed E-state index contributed by atoms with van der Waals surface area (Å²) in [5, 5.41) is 5.62. The van der Waals surface area contributed by atoms with E-state index in [1.54, 1.807) is 18.2 Å². The van der Waals surface area contributed by atoms with Crippen LogP contribution in [0.25, 0.3) is 6.08 Å². The van der Waals surface area contributed by atoms with E-state index in [1.165, 1.54) is 0 Å². The lowest BCUT2D eigenvalue weighted by Crippen LogP contribution is -2.30. The fourth-order valence-corrected chi connectivity index (χ4v) is 2.93. The maximum atomic E-state index is 13.0. The first kappa shape index (κ1) is 21.8. The molecule has 0 spiro atoms. The van der Waals surface area contributed by atoms with Crippen molar-refractivity contribution >= 4 is 29.3 Å². The molecule has 0 aliphatic carbocycles. The van der Waals surface area contributed by atoms with Gasteiger partial charge in [-0.05, 0) is 61.9 Å². The first-order valence-corrected chi connectivity index (χ1v) is 10.1. The van der Waals surface area contributed by atoms with Crippen molar-refractivity contribution in [3.63, 3.8) is 0 Å². The second-order valence-corrected chi connectivity index (χ2v) is 7.68. The molecule has 0 fully saturated rings. The number of hydrogen-bond donors (Lipinski definition) is 2. The summed E-state index contributed by atoms with van der Waals surface area (Å²) >= 11 is 0. The van der Waals surface area contributed by atoms with Gasteiger partial charge in [0.05, 0.1) is 0 Å². The number of carbonyl (C=O) groups excluding carboxylic acids is 2. The van der Waals surface area contributed by atoms with Gasteiger partial charge in [0.25, 0.3) is 11.8 Å². The van der Waals surface area contributed by atoms with Crippen LogP contribution in [0.2, 0.25) is 0 Å². The Hall–Kier alpha value is -3.86. The summed E-state index contributed by atoms with van der Waals surface area (Å²) in [7, 11) is 3.93. The van der Waals surface area contributed by atoms with Crippen LogP contribution >= 0.6 is 0 Å². The van der Waals surface area contributed by atoms with E-state index >= 15 is 0 Å². The number of nitrogens with one attached hydrogen (secondary N) is 2. The monoisotopic (exact) mass is 413 g/mol. The molecule has 0 aliphatic rings. The van der Waals surface area contributed by atoms with E-state index in [0.29, 0.717) is 11.3 Å². The zero-order valence-corrected chi connectivity index (χ0v) is 18.3. The van der Waals surface area contributed by atoms with Crippen LogP contribution in [-0.4, -0.2) is 25.9 Å². The third-order valence-corrected chi connectivity index (χ3v) is 4.84. The normalized spacial score (nSPS) is 11.0. The minimum absolute atomic E-state index is 0.170. The molecule has 0 saturated heterocycles. The zero-order valence-electron chi connectivity index (χ0n) is 18.3. The number of amides is 2. The number of carbonyl (C=O) groups is 2. The van der Waals surface area contributed by atoms with Crippen LogP contribution in [0.4, 0.5) is 11.4 Å². The van der Waals surface area contributed by atoms with Crippen molar-refractivity contribution in [2.24, 2.45) is 0 Å². The predicted molar refractivity (Wildman–Crippen MR) is 127 cm³/mol. The van der Waals surface area contributed by atoms with E-state index in [-0.39, 0.29) is 17.5 Å². The largest absolute Gasteiger partial charge is 0.378 e. The SMILES string of the molecule is Cc1ccc(NC(=O)/C(=C\c2ccc(N(C)C)cc2)NC(=O)c2ccc(C)cc2)cc1. The molecule has 31 heavy (non-hydrogen) atoms. The molecule has 0 aromatic heterocycles. The van der Waals surface area contributed by atoms with Crippen LogP contribution in [0.15, 0.2) is 78.5 Å². The Kier molecular flexibility index (Phi) is 6.88. The maximum Gasteiger partial charge on any atom is 0.272 e. The van der Waals surface area contributed by atoms with Crippen molar-refractivity contribution in [2.45, 2.75) is 13.8 Å². The Morgan fingerprint density at radius 2 is 1.32 bits per heavy atom. The standard InChI is InChI=1S/C26H27N3O2/c1-18-5-11-21(12-6-18)25(30)28-24(17-20-9-15-23(16-10-20)29(3)4)26(31)27-22-13-7-19(2)8-14-22/h5-17H,1-4H3,(H,27,31)(H,28,30)/b24-17+. The summed E-state index contributed by atoms with van der Waals surface area (Å²) in [6, 6.07) is 22.5. The summed E-state index contributed by atoms with van der Waals surface area (Å²) in [6.45, 7) is 3.94. The molecular weight excluding hydrogens is 386 g/mol. The van der Waals surface area contributed by atoms with Crippen molar-refractivity contribution in [3.05, 3.63) is 101 Å². The molecule has 3 aromatic carbocycles. The van der Waals surface area contributed by atoms with Gasteiger partial charge in [-0.15, -0.1) is 0 Å². The summed E-state index contributed by atoms with van der Waals surface area (Å²) in [4.78, 5) is 27.8. The van der Waals surface area contributed by atoms with Gasteiger partial charge in [-0.3, -0.25) is 9.59 Å². The second-order valence-electron chi connectivity index (χ2n) is 7.68. The first-order chi connectivity index (χ1) is 14.8. The summed E-state index contributed by atoms with van der Waals surface area (Å²) < 4.78 is 0. The van der Waals surface area contributed by atoms with Crippen molar-refractivity contribution < 1.29 is 9.59 Å². The van der Waals surface area contributed by atoms with Gasteiger partial charge in [0.15, 0.2) is 0 Å². The highest BCUT2D eigenvalue weighted by molar-refractivity contribution is 6.10. The Balaban J connectivity index is 1.88. The number of anilines is 2. The van der Waals surface area contributed by atoms with Gasteiger partial charge in [0.1, 0.15) is 5.70 Å². The van der Waals surface area contributed by atoms with Gasteiger partial charge >= 0.3 is 0 Å². The molecule has 0 atom stereocenters. The number of aryl methyl sites for hydroxylation is 2.